The third-order valence-corrected chi connectivity index (χ3v) is 14.6. The van der Waals surface area contributed by atoms with Gasteiger partial charge in [0.2, 0.25) is 0 Å². The fourth-order valence-corrected chi connectivity index (χ4v) is 12.2. The minimum absolute atomic E-state index is 0.0347. The number of methoxy groups -OCH3 is 4. The third kappa shape index (κ3) is 5.55. The van der Waals surface area contributed by atoms with Crippen LogP contribution in [0.4, 0.5) is 0 Å². The predicted octanol–water partition coefficient (Wildman–Crippen LogP) is 7.15. The number of fused-ring (bicyclic) bond motifs is 2. The van der Waals surface area contributed by atoms with Crippen LogP contribution in [0.2, 0.25) is 0 Å². The normalized spacial score (nSPS) is 18.6. The molecule has 0 fully saturated rings. The average Bonchev–Trinajstić information content (AvgIpc) is 3.33. The largest absolute Gasteiger partial charge is 0.385 e. The van der Waals surface area contributed by atoms with E-state index < -0.39 is 0 Å². The molecule has 1 aromatic carbocycles. The summed E-state index contributed by atoms with van der Waals surface area (Å²) in [6.45, 7) is 2.97. The van der Waals surface area contributed by atoms with Gasteiger partial charge in [-0.25, -0.2) is 0 Å². The van der Waals surface area contributed by atoms with Gasteiger partial charge < -0.3 is 18.9 Å². The van der Waals surface area contributed by atoms with Crippen LogP contribution in [0.3, 0.4) is 0 Å². The SMILES string of the molecule is COCCC1(CCOC)Sc2c(Br)c3c(c(Br)c2S1)SC(CCOC)(CCOC)S3. The van der Waals surface area contributed by atoms with Gasteiger partial charge in [0.15, 0.2) is 0 Å². The summed E-state index contributed by atoms with van der Waals surface area (Å²) in [6, 6.07) is 0. The van der Waals surface area contributed by atoms with Crippen LogP contribution in [0, 0.1) is 0 Å². The zero-order valence-electron chi connectivity index (χ0n) is 17.7. The van der Waals surface area contributed by atoms with Gasteiger partial charge in [-0.2, -0.15) is 0 Å². The van der Waals surface area contributed by atoms with E-state index in [9.17, 15) is 0 Å². The molecular formula is C20H28Br2O4S4. The molecule has 2 heterocycles. The molecule has 0 radical (unpaired) electrons. The second-order valence-corrected chi connectivity index (χ2v) is 14.8. The molecule has 4 nitrogen and oxygen atoms in total. The summed E-state index contributed by atoms with van der Waals surface area (Å²) >= 11 is 15.8. The molecule has 0 aliphatic carbocycles. The highest BCUT2D eigenvalue weighted by atomic mass is 79.9. The third-order valence-electron chi connectivity index (χ3n) is 5.11. The van der Waals surface area contributed by atoms with Crippen molar-refractivity contribution in [3.8, 4) is 0 Å². The first-order valence-electron chi connectivity index (χ1n) is 9.71. The van der Waals surface area contributed by atoms with Gasteiger partial charge in [-0.05, 0) is 57.5 Å². The summed E-state index contributed by atoms with van der Waals surface area (Å²) < 4.78 is 24.2. The van der Waals surface area contributed by atoms with Gasteiger partial charge in [-0.15, -0.1) is 47.0 Å². The second kappa shape index (κ2) is 11.7. The minimum Gasteiger partial charge on any atom is -0.385 e. The number of rotatable bonds is 12. The standard InChI is InChI=1S/C20H28Br2O4S4/c1-23-9-5-19(6-10-24-2)27-15-13(21)17-18(14(22)16(15)28-19)30-20(29-17,7-11-25-3)8-12-26-4/h5-12H2,1-4H3. The molecule has 170 valence electrons. The Labute approximate surface area is 213 Å². The van der Waals surface area contributed by atoms with Crippen LogP contribution in [0.25, 0.3) is 0 Å². The predicted molar refractivity (Wildman–Crippen MR) is 137 cm³/mol. The fourth-order valence-electron chi connectivity index (χ4n) is 3.44. The van der Waals surface area contributed by atoms with E-state index in [1.807, 2.05) is 47.0 Å². The van der Waals surface area contributed by atoms with Gasteiger partial charge in [0.05, 0.1) is 8.16 Å². The van der Waals surface area contributed by atoms with Gasteiger partial charge in [0.25, 0.3) is 0 Å². The summed E-state index contributed by atoms with van der Waals surface area (Å²) in [6.07, 6.45) is 3.91. The average molecular weight is 621 g/mol. The Kier molecular flexibility index (Phi) is 10.2. The van der Waals surface area contributed by atoms with Crippen LogP contribution in [0.15, 0.2) is 28.5 Å². The molecule has 30 heavy (non-hydrogen) atoms. The Bertz CT molecular complexity index is 632. The number of hydrogen-bond donors (Lipinski definition) is 0. The maximum Gasteiger partial charge on any atom is 0.0750 e. The van der Waals surface area contributed by atoms with Crippen molar-refractivity contribution in [2.24, 2.45) is 0 Å². The van der Waals surface area contributed by atoms with Gasteiger partial charge in [-0.1, -0.05) is 0 Å². The van der Waals surface area contributed by atoms with Gasteiger partial charge in [-0.3, -0.25) is 0 Å². The lowest BCUT2D eigenvalue weighted by atomic mass is 10.2. The highest BCUT2D eigenvalue weighted by Crippen LogP contribution is 2.70. The Morgan fingerprint density at radius 1 is 0.533 bits per heavy atom. The van der Waals surface area contributed by atoms with Gasteiger partial charge in [0, 0.05) is 83.4 Å². The zero-order chi connectivity index (χ0) is 21.8. The first-order chi connectivity index (χ1) is 14.4. The smallest absolute Gasteiger partial charge is 0.0750 e. The van der Waals surface area contributed by atoms with Crippen molar-refractivity contribution in [1.29, 1.82) is 0 Å². The summed E-state index contributed by atoms with van der Waals surface area (Å²) in [5.74, 6) is 0. The van der Waals surface area contributed by atoms with Crippen LogP contribution in [0.1, 0.15) is 25.7 Å². The first kappa shape index (κ1) is 26.0. The van der Waals surface area contributed by atoms with E-state index in [2.05, 4.69) is 31.9 Å². The fraction of sp³-hybridized carbons (Fsp3) is 0.700. The molecule has 0 amide bonds. The van der Waals surface area contributed by atoms with Crippen molar-refractivity contribution in [3.05, 3.63) is 8.95 Å². The Balaban J connectivity index is 1.92. The van der Waals surface area contributed by atoms with E-state index in [0.717, 1.165) is 52.1 Å². The maximum atomic E-state index is 5.43. The molecule has 2 aliphatic rings. The van der Waals surface area contributed by atoms with Crippen molar-refractivity contribution in [3.63, 3.8) is 0 Å². The molecule has 0 saturated heterocycles. The molecule has 0 bridgehead atoms. The Hall–Kier alpha value is 1.42. The molecule has 2 aliphatic heterocycles. The lowest BCUT2D eigenvalue weighted by Crippen LogP contribution is -2.22. The lowest BCUT2D eigenvalue weighted by molar-refractivity contribution is 0.171. The molecule has 10 heteroatoms. The number of hydrogen-bond acceptors (Lipinski definition) is 8. The quantitative estimate of drug-likeness (QED) is 0.244. The van der Waals surface area contributed by atoms with E-state index in [1.54, 1.807) is 28.4 Å². The van der Waals surface area contributed by atoms with Crippen molar-refractivity contribution in [2.75, 3.05) is 54.9 Å². The molecule has 0 aromatic heterocycles. The highest BCUT2D eigenvalue weighted by molar-refractivity contribution is 9.11. The molecule has 0 atom stereocenters. The molecule has 0 N–H and O–H groups in total. The van der Waals surface area contributed by atoms with Crippen LogP contribution in [0.5, 0.6) is 0 Å². The van der Waals surface area contributed by atoms with E-state index >= 15 is 0 Å². The Morgan fingerprint density at radius 2 is 0.767 bits per heavy atom. The number of ether oxygens (including phenoxy) is 4. The van der Waals surface area contributed by atoms with E-state index in [-0.39, 0.29) is 8.16 Å². The number of thioether (sulfide) groups is 4. The summed E-state index contributed by atoms with van der Waals surface area (Å²) in [5, 5.41) is 0. The zero-order valence-corrected chi connectivity index (χ0v) is 24.1. The van der Waals surface area contributed by atoms with Crippen molar-refractivity contribution in [2.45, 2.75) is 53.4 Å². The maximum absolute atomic E-state index is 5.43. The van der Waals surface area contributed by atoms with Gasteiger partial charge >= 0.3 is 0 Å². The molecular weight excluding hydrogens is 592 g/mol. The second-order valence-electron chi connectivity index (χ2n) is 7.15. The van der Waals surface area contributed by atoms with Crippen LogP contribution in [-0.4, -0.2) is 63.0 Å². The van der Waals surface area contributed by atoms with Crippen LogP contribution in [-0.2, 0) is 18.9 Å². The topological polar surface area (TPSA) is 36.9 Å². The van der Waals surface area contributed by atoms with E-state index in [1.165, 1.54) is 28.5 Å². The van der Waals surface area contributed by atoms with E-state index in [0.29, 0.717) is 0 Å². The van der Waals surface area contributed by atoms with Crippen LogP contribution >= 0.6 is 78.9 Å². The number of halogens is 2. The van der Waals surface area contributed by atoms with Crippen molar-refractivity contribution < 1.29 is 18.9 Å². The Morgan fingerprint density at radius 3 is 0.967 bits per heavy atom. The van der Waals surface area contributed by atoms with E-state index in [4.69, 9.17) is 18.9 Å². The number of benzene rings is 1. The molecule has 0 spiro atoms. The summed E-state index contributed by atoms with van der Waals surface area (Å²) in [7, 11) is 7.09. The minimum atomic E-state index is 0.0347. The summed E-state index contributed by atoms with van der Waals surface area (Å²) in [4.78, 5) is 5.33. The molecule has 3 rings (SSSR count). The van der Waals surface area contributed by atoms with Crippen molar-refractivity contribution >= 4 is 78.9 Å². The van der Waals surface area contributed by atoms with Crippen molar-refractivity contribution in [1.82, 2.24) is 0 Å². The monoisotopic (exact) mass is 618 g/mol. The van der Waals surface area contributed by atoms with Crippen LogP contribution < -0.4 is 0 Å². The van der Waals surface area contributed by atoms with Gasteiger partial charge in [0.1, 0.15) is 0 Å². The lowest BCUT2D eigenvalue weighted by Gasteiger charge is -2.27. The molecule has 1 aromatic rings. The summed E-state index contributed by atoms with van der Waals surface area (Å²) in [5.41, 5.74) is 0. The first-order valence-corrected chi connectivity index (χ1v) is 14.6. The highest BCUT2D eigenvalue weighted by Gasteiger charge is 2.47. The molecule has 0 unspecified atom stereocenters. The molecule has 0 saturated carbocycles.